The molecule has 1 aromatic heterocycles. The van der Waals surface area contributed by atoms with Gasteiger partial charge in [0.15, 0.2) is 0 Å². The summed E-state index contributed by atoms with van der Waals surface area (Å²) in [5.41, 5.74) is 1.19. The van der Waals surface area contributed by atoms with Crippen molar-refractivity contribution in [3.8, 4) is 0 Å². The summed E-state index contributed by atoms with van der Waals surface area (Å²) in [4.78, 5) is 8.73. The topological polar surface area (TPSA) is 37.8 Å². The third-order valence-corrected chi connectivity index (χ3v) is 3.69. The van der Waals surface area contributed by atoms with Gasteiger partial charge in [0.05, 0.1) is 0 Å². The second kappa shape index (κ2) is 6.55. The molecule has 0 amide bonds. The summed E-state index contributed by atoms with van der Waals surface area (Å²) in [5, 5.41) is 3.83. The van der Waals surface area contributed by atoms with Crippen LogP contribution in [0.3, 0.4) is 0 Å². The maximum atomic E-state index is 6.05. The van der Waals surface area contributed by atoms with Crippen molar-refractivity contribution in [1.29, 1.82) is 0 Å². The van der Waals surface area contributed by atoms with E-state index < -0.39 is 0 Å². The van der Waals surface area contributed by atoms with E-state index in [9.17, 15) is 0 Å². The van der Waals surface area contributed by atoms with Gasteiger partial charge in [-0.1, -0.05) is 53.5 Å². The van der Waals surface area contributed by atoms with E-state index in [4.69, 9.17) is 11.6 Å². The zero-order chi connectivity index (χ0) is 14.7. The highest BCUT2D eigenvalue weighted by molar-refractivity contribution is 9.10. The molecule has 0 saturated carbocycles. The zero-order valence-corrected chi connectivity index (χ0v) is 14.0. The van der Waals surface area contributed by atoms with Crippen molar-refractivity contribution in [1.82, 2.24) is 9.97 Å². The van der Waals surface area contributed by atoms with Crippen molar-refractivity contribution in [3.63, 3.8) is 0 Å². The van der Waals surface area contributed by atoms with Gasteiger partial charge in [0.2, 0.25) is 0 Å². The first-order chi connectivity index (χ1) is 9.45. The van der Waals surface area contributed by atoms with Gasteiger partial charge in [0.1, 0.15) is 16.8 Å². The molecule has 0 radical (unpaired) electrons. The van der Waals surface area contributed by atoms with Crippen LogP contribution in [0.1, 0.15) is 44.1 Å². The quantitative estimate of drug-likeness (QED) is 0.768. The molecule has 5 heteroatoms. The van der Waals surface area contributed by atoms with Crippen LogP contribution in [0.4, 0.5) is 5.82 Å². The Morgan fingerprint density at radius 3 is 2.35 bits per heavy atom. The number of halogens is 2. The Balaban J connectivity index is 2.18. The molecule has 0 fully saturated rings. The van der Waals surface area contributed by atoms with Crippen molar-refractivity contribution in [2.45, 2.75) is 32.7 Å². The number of nitrogens with one attached hydrogen (secondary N) is 1. The van der Waals surface area contributed by atoms with E-state index >= 15 is 0 Å². The molecule has 2 aromatic rings. The Morgan fingerprint density at radius 2 is 1.75 bits per heavy atom. The largest absolute Gasteiger partial charge is 0.363 e. The molecule has 0 bridgehead atoms. The number of hydrogen-bond donors (Lipinski definition) is 1. The Morgan fingerprint density at radius 1 is 1.10 bits per heavy atom. The average molecular weight is 355 g/mol. The number of rotatable bonds is 4. The first kappa shape index (κ1) is 15.3. The van der Waals surface area contributed by atoms with Crippen LogP contribution in [0.15, 0.2) is 34.8 Å². The smallest absolute Gasteiger partial charge is 0.135 e. The van der Waals surface area contributed by atoms with Gasteiger partial charge in [-0.05, 0) is 24.6 Å². The van der Waals surface area contributed by atoms with E-state index in [1.165, 1.54) is 5.56 Å². The second-order valence-corrected chi connectivity index (χ2v) is 6.31. The predicted octanol–water partition coefficient (Wildman–Crippen LogP) is 5.19. The van der Waals surface area contributed by atoms with Gasteiger partial charge in [-0.15, -0.1) is 0 Å². The van der Waals surface area contributed by atoms with Crippen molar-refractivity contribution >= 4 is 33.3 Å². The SMILES string of the molecule is CC(C)c1nc(Cl)cc(NC(C)c2ccc(Br)cc2)n1. The summed E-state index contributed by atoms with van der Waals surface area (Å²) in [6.45, 7) is 6.19. The Hall–Kier alpha value is -1.13. The molecule has 1 heterocycles. The molecule has 1 unspecified atom stereocenters. The maximum absolute atomic E-state index is 6.05. The number of nitrogens with zero attached hydrogens (tertiary/aromatic N) is 2. The minimum atomic E-state index is 0.147. The molecule has 1 atom stereocenters. The summed E-state index contributed by atoms with van der Waals surface area (Å²) >= 11 is 9.48. The van der Waals surface area contributed by atoms with Crippen molar-refractivity contribution in [2.75, 3.05) is 5.32 Å². The van der Waals surface area contributed by atoms with Gasteiger partial charge in [0, 0.05) is 22.5 Å². The van der Waals surface area contributed by atoms with Gasteiger partial charge in [0.25, 0.3) is 0 Å². The van der Waals surface area contributed by atoms with Gasteiger partial charge < -0.3 is 5.32 Å². The monoisotopic (exact) mass is 353 g/mol. The van der Waals surface area contributed by atoms with Gasteiger partial charge >= 0.3 is 0 Å². The highest BCUT2D eigenvalue weighted by Crippen LogP contribution is 2.23. The fourth-order valence-electron chi connectivity index (χ4n) is 1.82. The third-order valence-electron chi connectivity index (χ3n) is 2.96. The molecule has 0 aliphatic carbocycles. The molecule has 0 saturated heterocycles. The van der Waals surface area contributed by atoms with E-state index in [1.807, 2.05) is 26.0 Å². The Kier molecular flexibility index (Phi) is 5.00. The molecule has 2 rings (SSSR count). The molecule has 0 aliphatic heterocycles. The van der Waals surface area contributed by atoms with Crippen molar-refractivity contribution in [2.24, 2.45) is 0 Å². The number of aromatic nitrogens is 2. The van der Waals surface area contributed by atoms with E-state index in [0.717, 1.165) is 16.1 Å². The number of benzene rings is 1. The van der Waals surface area contributed by atoms with Crippen LogP contribution in [-0.4, -0.2) is 9.97 Å². The predicted molar refractivity (Wildman–Crippen MR) is 87.3 cm³/mol. The molecule has 1 N–H and O–H groups in total. The molecule has 0 aliphatic rings. The highest BCUT2D eigenvalue weighted by atomic mass is 79.9. The Bertz CT molecular complexity index is 584. The van der Waals surface area contributed by atoms with Crippen molar-refractivity contribution in [3.05, 3.63) is 51.3 Å². The molecule has 3 nitrogen and oxygen atoms in total. The zero-order valence-electron chi connectivity index (χ0n) is 11.7. The second-order valence-electron chi connectivity index (χ2n) is 5.01. The molecular weight excluding hydrogens is 338 g/mol. The first-order valence-corrected chi connectivity index (χ1v) is 7.69. The minimum Gasteiger partial charge on any atom is -0.363 e. The molecule has 20 heavy (non-hydrogen) atoms. The van der Waals surface area contributed by atoms with Gasteiger partial charge in [-0.25, -0.2) is 9.97 Å². The van der Waals surface area contributed by atoms with E-state index in [1.54, 1.807) is 6.07 Å². The van der Waals surface area contributed by atoms with E-state index in [2.05, 4.69) is 50.3 Å². The summed E-state index contributed by atoms with van der Waals surface area (Å²) in [6.07, 6.45) is 0. The van der Waals surface area contributed by atoms with Crippen molar-refractivity contribution < 1.29 is 0 Å². The summed E-state index contributed by atoms with van der Waals surface area (Å²) < 4.78 is 1.07. The standard InChI is InChI=1S/C15H17BrClN3/c1-9(2)15-19-13(17)8-14(20-15)18-10(3)11-4-6-12(16)7-5-11/h4-10H,1-3H3,(H,18,19,20). The van der Waals surface area contributed by atoms with Crippen LogP contribution in [0, 0.1) is 0 Å². The average Bonchev–Trinajstić information content (AvgIpc) is 2.38. The van der Waals surface area contributed by atoms with Crippen LogP contribution in [0.5, 0.6) is 0 Å². The van der Waals surface area contributed by atoms with Crippen LogP contribution < -0.4 is 5.32 Å². The van der Waals surface area contributed by atoms with Gasteiger partial charge in [-0.2, -0.15) is 0 Å². The molecule has 106 valence electrons. The third kappa shape index (κ3) is 3.93. The highest BCUT2D eigenvalue weighted by Gasteiger charge is 2.10. The fraction of sp³-hybridized carbons (Fsp3) is 0.333. The lowest BCUT2D eigenvalue weighted by atomic mass is 10.1. The fourth-order valence-corrected chi connectivity index (χ4v) is 2.28. The van der Waals surface area contributed by atoms with E-state index in [0.29, 0.717) is 5.15 Å². The normalized spacial score (nSPS) is 12.5. The maximum Gasteiger partial charge on any atom is 0.135 e. The summed E-state index contributed by atoms with van der Waals surface area (Å²) in [7, 11) is 0. The lowest BCUT2D eigenvalue weighted by molar-refractivity contribution is 0.768. The van der Waals surface area contributed by atoms with Gasteiger partial charge in [-0.3, -0.25) is 0 Å². The minimum absolute atomic E-state index is 0.147. The molecule has 0 spiro atoms. The lowest BCUT2D eigenvalue weighted by Gasteiger charge is -2.16. The molecule has 1 aromatic carbocycles. The molecular formula is C15H17BrClN3. The summed E-state index contributed by atoms with van der Waals surface area (Å²) in [6, 6.07) is 10.1. The first-order valence-electron chi connectivity index (χ1n) is 6.52. The van der Waals surface area contributed by atoms with Crippen LogP contribution in [-0.2, 0) is 0 Å². The van der Waals surface area contributed by atoms with E-state index in [-0.39, 0.29) is 12.0 Å². The van der Waals surface area contributed by atoms with Crippen LogP contribution >= 0.6 is 27.5 Å². The summed E-state index contributed by atoms with van der Waals surface area (Å²) in [5.74, 6) is 1.75. The van der Waals surface area contributed by atoms with Crippen LogP contribution in [0.2, 0.25) is 5.15 Å². The number of anilines is 1. The lowest BCUT2D eigenvalue weighted by Crippen LogP contribution is -2.10. The number of hydrogen-bond acceptors (Lipinski definition) is 3. The Labute approximate surface area is 132 Å². The van der Waals surface area contributed by atoms with Crippen LogP contribution in [0.25, 0.3) is 0 Å².